The van der Waals surface area contributed by atoms with E-state index in [2.05, 4.69) is 9.97 Å². The van der Waals surface area contributed by atoms with Gasteiger partial charge in [0.1, 0.15) is 0 Å². The van der Waals surface area contributed by atoms with Gasteiger partial charge in [-0.2, -0.15) is 13.2 Å². The molecule has 1 aliphatic rings. The summed E-state index contributed by atoms with van der Waals surface area (Å²) >= 11 is 0.794. The first kappa shape index (κ1) is 18.3. The van der Waals surface area contributed by atoms with E-state index < -0.39 is 22.6 Å². The van der Waals surface area contributed by atoms with E-state index in [-0.39, 0.29) is 33.3 Å². The molecule has 1 heterocycles. The fraction of sp³-hybridized carbons (Fsp3) is 0.312. The van der Waals surface area contributed by atoms with Crippen molar-refractivity contribution in [2.75, 3.05) is 0 Å². The zero-order valence-corrected chi connectivity index (χ0v) is 14.3. The Hall–Kier alpha value is -2.49. The Morgan fingerprint density at radius 1 is 1.27 bits per heavy atom. The normalized spacial score (nSPS) is 13.5. The van der Waals surface area contributed by atoms with E-state index in [1.54, 1.807) is 0 Å². The van der Waals surface area contributed by atoms with Crippen molar-refractivity contribution >= 4 is 23.2 Å². The van der Waals surface area contributed by atoms with E-state index in [1.807, 2.05) is 0 Å². The second kappa shape index (κ2) is 6.67. The maximum atomic E-state index is 13.3. The molecule has 0 fully saturated rings. The van der Waals surface area contributed by atoms with Gasteiger partial charge < -0.3 is 0 Å². The zero-order chi connectivity index (χ0) is 19.1. The highest BCUT2D eigenvalue weighted by Gasteiger charge is 2.38. The van der Waals surface area contributed by atoms with Crippen molar-refractivity contribution in [3.63, 3.8) is 0 Å². The number of nitro benzene ring substituents is 1. The lowest BCUT2D eigenvalue weighted by molar-refractivity contribution is -0.384. The molecule has 3 rings (SSSR count). The second-order valence-corrected chi connectivity index (χ2v) is 6.74. The van der Waals surface area contributed by atoms with Crippen LogP contribution < -0.4 is 0 Å². The van der Waals surface area contributed by atoms with Crippen LogP contribution in [0.2, 0.25) is 0 Å². The van der Waals surface area contributed by atoms with Crippen molar-refractivity contribution in [2.45, 2.75) is 42.4 Å². The van der Waals surface area contributed by atoms with Crippen molar-refractivity contribution in [3.05, 3.63) is 50.8 Å². The van der Waals surface area contributed by atoms with Crippen molar-refractivity contribution in [2.24, 2.45) is 0 Å². The van der Waals surface area contributed by atoms with Crippen LogP contribution >= 0.6 is 11.8 Å². The third kappa shape index (κ3) is 3.55. The molecule has 0 atom stereocenters. The van der Waals surface area contributed by atoms with E-state index in [0.717, 1.165) is 17.8 Å². The summed E-state index contributed by atoms with van der Waals surface area (Å²) in [6, 6.07) is 3.61. The number of fused-ring (bicyclic) bond motifs is 1. The predicted octanol–water partition coefficient (Wildman–Crippen LogP) is 4.25. The highest BCUT2D eigenvalue weighted by atomic mass is 32.2. The van der Waals surface area contributed by atoms with Gasteiger partial charge in [-0.25, -0.2) is 9.97 Å². The standard InChI is InChI=1S/C16H12F3N3O3S/c1-8(23)11-7-9(22(24)25)5-6-13(11)26-15-20-12-4-2-3-10(12)14(21-15)16(17,18)19/h5-7H,2-4H2,1H3. The molecular formula is C16H12F3N3O3S. The molecule has 0 radical (unpaired) electrons. The average Bonchev–Trinajstić information content (AvgIpc) is 3.01. The summed E-state index contributed by atoms with van der Waals surface area (Å²) in [6.45, 7) is 1.23. The number of rotatable bonds is 4. The Balaban J connectivity index is 2.05. The first-order chi connectivity index (χ1) is 12.2. The van der Waals surface area contributed by atoms with Crippen molar-refractivity contribution < 1.29 is 22.9 Å². The van der Waals surface area contributed by atoms with Gasteiger partial charge in [-0.3, -0.25) is 14.9 Å². The summed E-state index contributed by atoms with van der Waals surface area (Å²) in [5.74, 6) is -0.437. The summed E-state index contributed by atoms with van der Waals surface area (Å²) in [6.07, 6.45) is -3.29. The number of carbonyl (C=O) groups excluding carboxylic acids is 1. The van der Waals surface area contributed by atoms with E-state index in [9.17, 15) is 28.1 Å². The summed E-state index contributed by atoms with van der Waals surface area (Å²) in [4.78, 5) is 30.1. The minimum Gasteiger partial charge on any atom is -0.294 e. The van der Waals surface area contributed by atoms with Crippen LogP contribution in [0.4, 0.5) is 18.9 Å². The number of carbonyl (C=O) groups is 1. The molecule has 0 saturated heterocycles. The van der Waals surface area contributed by atoms with Crippen molar-refractivity contribution in [3.8, 4) is 0 Å². The molecule has 0 unspecified atom stereocenters. The largest absolute Gasteiger partial charge is 0.433 e. The average molecular weight is 383 g/mol. The lowest BCUT2D eigenvalue weighted by atomic mass is 10.1. The first-order valence-electron chi connectivity index (χ1n) is 7.61. The topological polar surface area (TPSA) is 86.0 Å². The van der Waals surface area contributed by atoms with E-state index >= 15 is 0 Å². The van der Waals surface area contributed by atoms with Gasteiger partial charge in [0.25, 0.3) is 5.69 Å². The molecule has 1 aromatic carbocycles. The third-order valence-corrected chi connectivity index (χ3v) is 4.88. The SMILES string of the molecule is CC(=O)c1cc([N+](=O)[O-])ccc1Sc1nc2c(c(C(F)(F)F)n1)CCC2. The van der Waals surface area contributed by atoms with Gasteiger partial charge in [0.2, 0.25) is 0 Å². The number of benzene rings is 1. The lowest BCUT2D eigenvalue weighted by Crippen LogP contribution is -2.14. The van der Waals surface area contributed by atoms with Crippen LogP contribution in [-0.4, -0.2) is 20.7 Å². The van der Waals surface area contributed by atoms with Gasteiger partial charge in [-0.1, -0.05) is 0 Å². The molecule has 10 heteroatoms. The summed E-state index contributed by atoms with van der Waals surface area (Å²) < 4.78 is 39.8. The molecular weight excluding hydrogens is 371 g/mol. The molecule has 6 nitrogen and oxygen atoms in total. The Labute approximate surface area is 150 Å². The minimum absolute atomic E-state index is 0.0434. The van der Waals surface area contributed by atoms with Crippen molar-refractivity contribution in [1.29, 1.82) is 0 Å². The minimum atomic E-state index is -4.59. The number of hydrogen-bond donors (Lipinski definition) is 0. The molecule has 2 aromatic rings. The molecule has 1 aromatic heterocycles. The summed E-state index contributed by atoms with van der Waals surface area (Å²) in [5, 5.41) is 10.7. The summed E-state index contributed by atoms with van der Waals surface area (Å²) in [7, 11) is 0. The Morgan fingerprint density at radius 3 is 2.62 bits per heavy atom. The molecule has 136 valence electrons. The monoisotopic (exact) mass is 383 g/mol. The molecule has 26 heavy (non-hydrogen) atoms. The van der Waals surface area contributed by atoms with Gasteiger partial charge in [0.05, 0.1) is 4.92 Å². The molecule has 0 amide bonds. The van der Waals surface area contributed by atoms with Crippen LogP contribution in [0.3, 0.4) is 0 Å². The van der Waals surface area contributed by atoms with Gasteiger partial charge in [0.15, 0.2) is 16.6 Å². The number of halogens is 3. The van der Waals surface area contributed by atoms with Crippen LogP contribution in [0.5, 0.6) is 0 Å². The number of hydrogen-bond acceptors (Lipinski definition) is 6. The molecule has 0 aliphatic heterocycles. The number of nitro groups is 1. The molecule has 0 N–H and O–H groups in total. The molecule has 0 spiro atoms. The number of nitrogens with zero attached hydrogens (tertiary/aromatic N) is 3. The van der Waals surface area contributed by atoms with Crippen LogP contribution in [0.15, 0.2) is 28.3 Å². The maximum Gasteiger partial charge on any atom is 0.433 e. The number of ketones is 1. The van der Waals surface area contributed by atoms with Gasteiger partial charge in [-0.15, -0.1) is 0 Å². The van der Waals surface area contributed by atoms with Crippen molar-refractivity contribution in [1.82, 2.24) is 9.97 Å². The van der Waals surface area contributed by atoms with Crippen LogP contribution in [-0.2, 0) is 19.0 Å². The van der Waals surface area contributed by atoms with Gasteiger partial charge in [-0.05, 0) is 44.0 Å². The number of non-ortho nitro benzene ring substituents is 1. The number of aromatic nitrogens is 2. The van der Waals surface area contributed by atoms with Crippen LogP contribution in [0, 0.1) is 10.1 Å². The molecule has 0 bridgehead atoms. The van der Waals surface area contributed by atoms with E-state index in [1.165, 1.54) is 19.1 Å². The predicted molar refractivity (Wildman–Crippen MR) is 86.3 cm³/mol. The van der Waals surface area contributed by atoms with E-state index in [4.69, 9.17) is 0 Å². The second-order valence-electron chi connectivity index (χ2n) is 5.73. The fourth-order valence-electron chi connectivity index (χ4n) is 2.78. The fourth-order valence-corrected chi connectivity index (χ4v) is 3.72. The lowest BCUT2D eigenvalue weighted by Gasteiger charge is -2.13. The van der Waals surface area contributed by atoms with Crippen LogP contribution in [0.25, 0.3) is 0 Å². The van der Waals surface area contributed by atoms with E-state index in [0.29, 0.717) is 18.5 Å². The third-order valence-electron chi connectivity index (χ3n) is 3.94. The summed E-state index contributed by atoms with van der Waals surface area (Å²) in [5.41, 5.74) is -0.695. The van der Waals surface area contributed by atoms with Crippen LogP contribution in [0.1, 0.15) is 40.7 Å². The number of aryl methyl sites for hydroxylation is 1. The smallest absolute Gasteiger partial charge is 0.294 e. The van der Waals surface area contributed by atoms with Gasteiger partial charge in [0, 0.05) is 33.8 Å². The first-order valence-corrected chi connectivity index (χ1v) is 8.42. The number of Topliss-reactive ketones (excluding diaryl/α,β-unsaturated/α-hetero) is 1. The molecule has 0 saturated carbocycles. The number of alkyl halides is 3. The highest BCUT2D eigenvalue weighted by molar-refractivity contribution is 7.99. The molecule has 1 aliphatic carbocycles. The Kier molecular flexibility index (Phi) is 4.70. The Morgan fingerprint density at radius 2 is 2.00 bits per heavy atom. The quantitative estimate of drug-likeness (QED) is 0.340. The maximum absolute atomic E-state index is 13.3. The zero-order valence-electron chi connectivity index (χ0n) is 13.5. The highest BCUT2D eigenvalue weighted by Crippen LogP contribution is 2.38. The van der Waals surface area contributed by atoms with Gasteiger partial charge >= 0.3 is 6.18 Å². The Bertz CT molecular complexity index is 916.